The predicted molar refractivity (Wildman–Crippen MR) is 75.7 cm³/mol. The van der Waals surface area contributed by atoms with Crippen LogP contribution in [0.2, 0.25) is 5.02 Å². The summed E-state index contributed by atoms with van der Waals surface area (Å²) in [5, 5.41) is 9.68. The Morgan fingerprint density at radius 1 is 1.48 bits per heavy atom. The molecule has 0 unspecified atom stereocenters. The molecule has 0 aliphatic carbocycles. The number of rotatable bonds is 6. The van der Waals surface area contributed by atoms with E-state index < -0.39 is 11.7 Å². The van der Waals surface area contributed by atoms with Crippen LogP contribution in [-0.2, 0) is 0 Å². The maximum absolute atomic E-state index is 14.5. The Morgan fingerprint density at radius 3 is 2.90 bits per heavy atom. The lowest BCUT2D eigenvalue weighted by Crippen LogP contribution is -2.13. The Morgan fingerprint density at radius 2 is 2.24 bits per heavy atom. The molecule has 2 rings (SSSR count). The highest BCUT2D eigenvalue weighted by Crippen LogP contribution is 2.35. The minimum atomic E-state index is -0.827. The molecule has 0 bridgehead atoms. The van der Waals surface area contributed by atoms with E-state index in [4.69, 9.17) is 22.1 Å². The van der Waals surface area contributed by atoms with E-state index >= 15 is 0 Å². The maximum atomic E-state index is 14.5. The largest absolute Gasteiger partial charge is 0.490 e. The van der Waals surface area contributed by atoms with E-state index in [2.05, 4.69) is 15.4 Å². The number of unbranched alkanes of at least 4 members (excludes halogenated alkanes) is 1. The van der Waals surface area contributed by atoms with Crippen LogP contribution in [0, 0.1) is 5.82 Å². The van der Waals surface area contributed by atoms with E-state index in [1.165, 1.54) is 12.1 Å². The lowest BCUT2D eigenvalue weighted by Gasteiger charge is -2.10. The van der Waals surface area contributed by atoms with Crippen LogP contribution in [0.15, 0.2) is 12.1 Å². The molecule has 0 fully saturated rings. The zero-order valence-electron chi connectivity index (χ0n) is 11.3. The molecular formula is C13H14ClFN4O2. The minimum absolute atomic E-state index is 0.0362. The number of aromatic amines is 1. The van der Waals surface area contributed by atoms with Crippen LogP contribution in [0.3, 0.4) is 0 Å². The van der Waals surface area contributed by atoms with E-state index in [1.807, 2.05) is 6.92 Å². The number of nitrogens with zero attached hydrogens (tertiary/aromatic N) is 2. The predicted octanol–water partition coefficient (Wildman–Crippen LogP) is 2.54. The fourth-order valence-electron chi connectivity index (χ4n) is 1.77. The second-order valence-electron chi connectivity index (χ2n) is 4.32. The minimum Gasteiger partial charge on any atom is -0.490 e. The summed E-state index contributed by atoms with van der Waals surface area (Å²) in [6, 6.07) is 2.90. The number of aromatic nitrogens is 3. The van der Waals surface area contributed by atoms with Crippen LogP contribution in [0.5, 0.6) is 5.75 Å². The molecule has 1 amide bonds. The van der Waals surface area contributed by atoms with Crippen LogP contribution in [0.25, 0.3) is 11.3 Å². The Hall–Kier alpha value is -2.15. The van der Waals surface area contributed by atoms with Crippen LogP contribution < -0.4 is 10.5 Å². The molecule has 1 aromatic heterocycles. The lowest BCUT2D eigenvalue weighted by molar-refractivity contribution is 0.0996. The number of benzene rings is 1. The number of amides is 1. The highest BCUT2D eigenvalue weighted by Gasteiger charge is 2.23. The van der Waals surface area contributed by atoms with Crippen molar-refractivity contribution in [2.75, 3.05) is 6.61 Å². The van der Waals surface area contributed by atoms with Gasteiger partial charge in [-0.1, -0.05) is 24.9 Å². The first kappa shape index (κ1) is 15.2. The zero-order valence-corrected chi connectivity index (χ0v) is 12.1. The van der Waals surface area contributed by atoms with Crippen molar-refractivity contribution >= 4 is 17.5 Å². The van der Waals surface area contributed by atoms with Gasteiger partial charge in [0.1, 0.15) is 5.69 Å². The van der Waals surface area contributed by atoms with Gasteiger partial charge < -0.3 is 10.5 Å². The normalized spacial score (nSPS) is 10.6. The summed E-state index contributed by atoms with van der Waals surface area (Å²) >= 11 is 6.00. The fourth-order valence-corrected chi connectivity index (χ4v) is 2.00. The smallest absolute Gasteiger partial charge is 0.271 e. The Kier molecular flexibility index (Phi) is 4.74. The highest BCUT2D eigenvalue weighted by molar-refractivity contribution is 6.33. The summed E-state index contributed by atoms with van der Waals surface area (Å²) in [6.07, 6.45) is 1.73. The third-order valence-electron chi connectivity index (χ3n) is 2.83. The summed E-state index contributed by atoms with van der Waals surface area (Å²) in [5.74, 6) is -1.48. The number of hydrogen-bond donors (Lipinski definition) is 2. The Labute approximate surface area is 125 Å². The third kappa shape index (κ3) is 3.13. The van der Waals surface area contributed by atoms with E-state index in [-0.39, 0.29) is 27.7 Å². The van der Waals surface area contributed by atoms with Gasteiger partial charge in [0.25, 0.3) is 5.91 Å². The molecule has 0 radical (unpaired) electrons. The molecule has 8 heteroatoms. The summed E-state index contributed by atoms with van der Waals surface area (Å²) < 4.78 is 19.9. The van der Waals surface area contributed by atoms with Gasteiger partial charge in [-0.05, 0) is 18.6 Å². The maximum Gasteiger partial charge on any atom is 0.271 e. The van der Waals surface area contributed by atoms with Crippen molar-refractivity contribution in [2.24, 2.45) is 5.73 Å². The van der Waals surface area contributed by atoms with Crippen molar-refractivity contribution in [3.8, 4) is 17.0 Å². The molecule has 0 aliphatic rings. The number of primary amides is 1. The molecule has 0 aliphatic heterocycles. The second kappa shape index (κ2) is 6.53. The van der Waals surface area contributed by atoms with Crippen molar-refractivity contribution in [2.45, 2.75) is 19.8 Å². The number of nitrogens with one attached hydrogen (secondary N) is 1. The standard InChI is InChI=1S/C13H14ClFN4O2/c1-2-3-6-21-8-5-4-7(14)9(10(8)15)11-12(13(16)20)18-19-17-11/h4-5H,2-3,6H2,1H3,(H2,16,20)(H,17,18,19). The van der Waals surface area contributed by atoms with E-state index in [0.29, 0.717) is 6.61 Å². The van der Waals surface area contributed by atoms with Crippen LogP contribution in [0.1, 0.15) is 30.3 Å². The van der Waals surface area contributed by atoms with Crippen LogP contribution >= 0.6 is 11.6 Å². The summed E-state index contributed by atoms with van der Waals surface area (Å²) in [4.78, 5) is 11.3. The number of halogens is 2. The van der Waals surface area contributed by atoms with Crippen molar-refractivity contribution < 1.29 is 13.9 Å². The molecule has 3 N–H and O–H groups in total. The number of carbonyl (C=O) groups is 1. The first-order valence-electron chi connectivity index (χ1n) is 6.38. The fraction of sp³-hybridized carbons (Fsp3) is 0.308. The molecule has 1 heterocycles. The summed E-state index contributed by atoms with van der Waals surface area (Å²) in [7, 11) is 0. The van der Waals surface area contributed by atoms with Crippen molar-refractivity contribution in [1.82, 2.24) is 15.4 Å². The van der Waals surface area contributed by atoms with Gasteiger partial charge in [0.2, 0.25) is 0 Å². The molecule has 6 nitrogen and oxygen atoms in total. The summed E-state index contributed by atoms with van der Waals surface area (Å²) in [6.45, 7) is 2.39. The van der Waals surface area contributed by atoms with Gasteiger partial charge in [0, 0.05) is 0 Å². The van der Waals surface area contributed by atoms with E-state index in [9.17, 15) is 9.18 Å². The van der Waals surface area contributed by atoms with Gasteiger partial charge in [0.15, 0.2) is 17.3 Å². The quantitative estimate of drug-likeness (QED) is 0.801. The van der Waals surface area contributed by atoms with Gasteiger partial charge >= 0.3 is 0 Å². The second-order valence-corrected chi connectivity index (χ2v) is 4.73. The molecule has 21 heavy (non-hydrogen) atoms. The molecule has 0 saturated heterocycles. The van der Waals surface area contributed by atoms with Gasteiger partial charge in [-0.15, -0.1) is 0 Å². The van der Waals surface area contributed by atoms with Crippen molar-refractivity contribution in [1.29, 1.82) is 0 Å². The first-order valence-corrected chi connectivity index (χ1v) is 6.75. The van der Waals surface area contributed by atoms with Gasteiger partial charge in [-0.3, -0.25) is 4.79 Å². The Bertz CT molecular complexity index is 660. The molecule has 0 spiro atoms. The van der Waals surface area contributed by atoms with Gasteiger partial charge in [0.05, 0.1) is 17.2 Å². The van der Waals surface area contributed by atoms with Crippen LogP contribution in [-0.4, -0.2) is 27.9 Å². The molecule has 1 aromatic carbocycles. The number of carbonyl (C=O) groups excluding carboxylic acids is 1. The SMILES string of the molecule is CCCCOc1ccc(Cl)c(-c2n[nH]nc2C(N)=O)c1F. The van der Waals surface area contributed by atoms with E-state index in [0.717, 1.165) is 12.8 Å². The monoisotopic (exact) mass is 312 g/mol. The average molecular weight is 313 g/mol. The van der Waals surface area contributed by atoms with Crippen LogP contribution in [0.4, 0.5) is 4.39 Å². The topological polar surface area (TPSA) is 93.9 Å². The zero-order chi connectivity index (χ0) is 15.4. The molecule has 0 atom stereocenters. The highest BCUT2D eigenvalue weighted by atomic mass is 35.5. The van der Waals surface area contributed by atoms with Gasteiger partial charge in [-0.2, -0.15) is 15.4 Å². The molecule has 0 saturated carbocycles. The third-order valence-corrected chi connectivity index (χ3v) is 3.14. The molecule has 2 aromatic rings. The van der Waals surface area contributed by atoms with E-state index in [1.54, 1.807) is 0 Å². The van der Waals surface area contributed by atoms with Gasteiger partial charge in [-0.25, -0.2) is 4.39 Å². The average Bonchev–Trinajstić information content (AvgIpc) is 2.91. The lowest BCUT2D eigenvalue weighted by atomic mass is 10.1. The van der Waals surface area contributed by atoms with Crippen molar-refractivity contribution in [3.05, 3.63) is 28.7 Å². The number of ether oxygens (including phenoxy) is 1. The number of hydrogen-bond acceptors (Lipinski definition) is 4. The summed E-state index contributed by atoms with van der Waals surface area (Å²) in [5.41, 5.74) is 4.90. The first-order chi connectivity index (χ1) is 10.1. The molecular weight excluding hydrogens is 299 g/mol. The molecule has 112 valence electrons. The number of H-pyrrole nitrogens is 1. The Balaban J connectivity index is 2.45. The van der Waals surface area contributed by atoms with Crippen molar-refractivity contribution in [3.63, 3.8) is 0 Å². The number of nitrogens with two attached hydrogens (primary N) is 1.